The van der Waals surface area contributed by atoms with Crippen LogP contribution in [0.15, 0.2) is 0 Å². The van der Waals surface area contributed by atoms with Gasteiger partial charge < -0.3 is 4.72 Å². The first-order valence-corrected chi connectivity index (χ1v) is 6.73. The minimum absolute atomic E-state index is 0.0378. The average Bonchev–Trinajstić information content (AvgIpc) is 2.73. The van der Waals surface area contributed by atoms with E-state index in [-0.39, 0.29) is 12.5 Å². The van der Waals surface area contributed by atoms with Crippen LogP contribution in [0, 0.1) is 17.8 Å². The highest BCUT2D eigenvalue weighted by atomic mass is 32.2. The van der Waals surface area contributed by atoms with Crippen LogP contribution in [0.1, 0.15) is 25.7 Å². The summed E-state index contributed by atoms with van der Waals surface area (Å²) in [5.41, 5.74) is -5.25. The van der Waals surface area contributed by atoms with Gasteiger partial charge in [-0.05, 0) is 31.1 Å². The van der Waals surface area contributed by atoms with Gasteiger partial charge in [0.15, 0.2) is 10.0 Å². The molecule has 2 fully saturated rings. The Morgan fingerprint density at radius 2 is 1.88 bits per heavy atom. The third kappa shape index (κ3) is 2.20. The van der Waals surface area contributed by atoms with Crippen LogP contribution in [0.3, 0.4) is 0 Å². The summed E-state index contributed by atoms with van der Waals surface area (Å²) in [5.74, 6) is 1.01. The second-order valence-electron chi connectivity index (χ2n) is 4.67. The molecule has 94 valence electrons. The molecule has 0 aliphatic heterocycles. The lowest BCUT2D eigenvalue weighted by molar-refractivity contribution is -0.0427. The molecule has 2 bridgehead atoms. The molecular formula is C9H13F3NO2S-. The number of hydrogen-bond donors (Lipinski definition) is 0. The fraction of sp³-hybridized carbons (Fsp3) is 1.00. The molecule has 0 aromatic heterocycles. The molecular weight excluding hydrogens is 243 g/mol. The van der Waals surface area contributed by atoms with E-state index in [9.17, 15) is 21.6 Å². The average molecular weight is 256 g/mol. The molecule has 0 heterocycles. The predicted molar refractivity (Wildman–Crippen MR) is 52.1 cm³/mol. The van der Waals surface area contributed by atoms with Crippen molar-refractivity contribution in [1.82, 2.24) is 0 Å². The van der Waals surface area contributed by atoms with E-state index in [4.69, 9.17) is 0 Å². The van der Waals surface area contributed by atoms with E-state index in [0.29, 0.717) is 11.8 Å². The zero-order valence-electron chi connectivity index (χ0n) is 8.57. The van der Waals surface area contributed by atoms with E-state index in [2.05, 4.69) is 4.72 Å². The van der Waals surface area contributed by atoms with Gasteiger partial charge in [0.2, 0.25) is 0 Å². The molecule has 0 saturated heterocycles. The summed E-state index contributed by atoms with van der Waals surface area (Å²) in [6, 6.07) is 0. The van der Waals surface area contributed by atoms with Crippen molar-refractivity contribution in [3.05, 3.63) is 4.72 Å². The minimum Gasteiger partial charge on any atom is -0.541 e. The van der Waals surface area contributed by atoms with Crippen LogP contribution < -0.4 is 0 Å². The Bertz CT molecular complexity index is 365. The second-order valence-corrected chi connectivity index (χ2v) is 6.34. The third-order valence-corrected chi connectivity index (χ3v) is 4.73. The topological polar surface area (TPSA) is 48.2 Å². The maximum atomic E-state index is 12.0. The first kappa shape index (κ1) is 12.2. The number of sulfonamides is 1. The van der Waals surface area contributed by atoms with Gasteiger partial charge in [0.25, 0.3) is 0 Å². The maximum Gasteiger partial charge on any atom is 0.480 e. The van der Waals surface area contributed by atoms with Gasteiger partial charge in [-0.3, -0.25) is 0 Å². The monoisotopic (exact) mass is 256 g/mol. The summed E-state index contributed by atoms with van der Waals surface area (Å²) < 4.78 is 60.4. The van der Waals surface area contributed by atoms with E-state index in [1.807, 2.05) is 0 Å². The largest absolute Gasteiger partial charge is 0.541 e. The molecule has 0 aromatic rings. The van der Waals surface area contributed by atoms with Crippen LogP contribution in [0.5, 0.6) is 0 Å². The Balaban J connectivity index is 1.89. The van der Waals surface area contributed by atoms with Crippen molar-refractivity contribution in [2.75, 3.05) is 6.54 Å². The summed E-state index contributed by atoms with van der Waals surface area (Å²) >= 11 is 0. The zero-order valence-corrected chi connectivity index (χ0v) is 9.39. The number of alkyl halides is 3. The highest BCUT2D eigenvalue weighted by Gasteiger charge is 2.41. The molecule has 3 nitrogen and oxygen atoms in total. The molecule has 2 aliphatic rings. The number of fused-ring (bicyclic) bond motifs is 2. The van der Waals surface area contributed by atoms with Crippen molar-refractivity contribution in [2.45, 2.75) is 31.2 Å². The Morgan fingerprint density at radius 3 is 2.31 bits per heavy atom. The second kappa shape index (κ2) is 3.87. The standard InChI is InChI=1S/C9H13F3NO2S/c10-9(11,12)16(14,15)13-5-8-4-6-1-2-7(8)3-6/h6-8H,1-5H2/q-1. The molecule has 16 heavy (non-hydrogen) atoms. The Kier molecular flexibility index (Phi) is 2.94. The van der Waals surface area contributed by atoms with Crippen molar-refractivity contribution in [3.8, 4) is 0 Å². The molecule has 0 radical (unpaired) electrons. The normalized spacial score (nSPS) is 34.6. The smallest absolute Gasteiger partial charge is 0.480 e. The predicted octanol–water partition coefficient (Wildman–Crippen LogP) is 2.65. The molecule has 2 aliphatic carbocycles. The molecule has 0 aromatic carbocycles. The molecule has 3 unspecified atom stereocenters. The van der Waals surface area contributed by atoms with Crippen molar-refractivity contribution in [3.63, 3.8) is 0 Å². The Labute approximate surface area is 92.5 Å². The maximum absolute atomic E-state index is 12.0. The molecule has 0 N–H and O–H groups in total. The van der Waals surface area contributed by atoms with Gasteiger partial charge in [-0.1, -0.05) is 12.3 Å². The number of halogens is 3. The zero-order chi connectivity index (χ0) is 12.0. The summed E-state index contributed by atoms with van der Waals surface area (Å²) in [6.45, 7) is -0.191. The first-order valence-electron chi connectivity index (χ1n) is 5.29. The fourth-order valence-corrected chi connectivity index (χ4v) is 3.40. The van der Waals surface area contributed by atoms with Crippen LogP contribution in [0.4, 0.5) is 13.2 Å². The molecule has 2 saturated carbocycles. The van der Waals surface area contributed by atoms with Gasteiger partial charge in [0.1, 0.15) is 0 Å². The van der Waals surface area contributed by atoms with E-state index in [1.165, 1.54) is 0 Å². The van der Waals surface area contributed by atoms with Crippen LogP contribution >= 0.6 is 0 Å². The number of hydrogen-bond acceptors (Lipinski definition) is 2. The summed E-state index contributed by atoms with van der Waals surface area (Å²) in [5, 5.41) is 0. The van der Waals surface area contributed by atoms with Gasteiger partial charge >= 0.3 is 5.51 Å². The van der Waals surface area contributed by atoms with Crippen LogP contribution in [0.25, 0.3) is 4.72 Å². The SMILES string of the molecule is O=S(=O)([N-]CC1CC2CCC1C2)C(F)(F)F. The van der Waals surface area contributed by atoms with Gasteiger partial charge in [-0.2, -0.15) is 13.2 Å². The molecule has 2 rings (SSSR count). The van der Waals surface area contributed by atoms with Gasteiger partial charge in [-0.25, -0.2) is 8.42 Å². The summed E-state index contributed by atoms with van der Waals surface area (Å²) in [4.78, 5) is 0. The first-order chi connectivity index (χ1) is 7.29. The fourth-order valence-electron chi connectivity index (χ4n) is 2.87. The quantitative estimate of drug-likeness (QED) is 0.779. The molecule has 0 spiro atoms. The van der Waals surface area contributed by atoms with E-state index in [0.717, 1.165) is 25.7 Å². The lowest BCUT2D eigenvalue weighted by Crippen LogP contribution is -2.25. The Hall–Kier alpha value is -0.300. The van der Waals surface area contributed by atoms with E-state index in [1.54, 1.807) is 0 Å². The van der Waals surface area contributed by atoms with Crippen molar-refractivity contribution in [1.29, 1.82) is 0 Å². The van der Waals surface area contributed by atoms with E-state index >= 15 is 0 Å². The van der Waals surface area contributed by atoms with Crippen molar-refractivity contribution in [2.24, 2.45) is 17.8 Å². The third-order valence-electron chi connectivity index (χ3n) is 3.66. The summed E-state index contributed by atoms with van der Waals surface area (Å²) in [7, 11) is -5.28. The van der Waals surface area contributed by atoms with Crippen LogP contribution in [0.2, 0.25) is 0 Å². The lowest BCUT2D eigenvalue weighted by atomic mass is 9.89. The highest BCUT2D eigenvalue weighted by Crippen LogP contribution is 2.49. The lowest BCUT2D eigenvalue weighted by Gasteiger charge is -2.30. The van der Waals surface area contributed by atoms with Crippen molar-refractivity contribution < 1.29 is 21.6 Å². The van der Waals surface area contributed by atoms with Gasteiger partial charge in [-0.15, -0.1) is 6.54 Å². The van der Waals surface area contributed by atoms with E-state index < -0.39 is 15.5 Å². The molecule has 3 atom stereocenters. The Morgan fingerprint density at radius 1 is 1.19 bits per heavy atom. The minimum atomic E-state index is -5.28. The molecule has 7 heteroatoms. The number of rotatable bonds is 3. The summed E-state index contributed by atoms with van der Waals surface area (Å²) in [6.07, 6.45) is 4.01. The molecule has 0 amide bonds. The van der Waals surface area contributed by atoms with Crippen LogP contribution in [-0.4, -0.2) is 20.5 Å². The number of nitrogens with zero attached hydrogens (tertiary/aromatic N) is 1. The van der Waals surface area contributed by atoms with Gasteiger partial charge in [0.05, 0.1) is 0 Å². The highest BCUT2D eigenvalue weighted by molar-refractivity contribution is 7.94. The van der Waals surface area contributed by atoms with Crippen LogP contribution in [-0.2, 0) is 10.0 Å². The van der Waals surface area contributed by atoms with Crippen molar-refractivity contribution >= 4 is 10.0 Å². The van der Waals surface area contributed by atoms with Gasteiger partial charge in [0, 0.05) is 0 Å².